The summed E-state index contributed by atoms with van der Waals surface area (Å²) in [6, 6.07) is 11.6. The molecule has 1 saturated heterocycles. The van der Waals surface area contributed by atoms with Crippen LogP contribution < -0.4 is 4.74 Å². The van der Waals surface area contributed by atoms with Crippen molar-refractivity contribution in [2.45, 2.75) is 23.6 Å². The van der Waals surface area contributed by atoms with Gasteiger partial charge in [-0.25, -0.2) is 4.48 Å². The Morgan fingerprint density at radius 3 is 2.69 bits per heavy atom. The van der Waals surface area contributed by atoms with Gasteiger partial charge in [0.1, 0.15) is 12.3 Å². The average Bonchev–Trinajstić information content (AvgIpc) is 2.57. The molecule has 7 heteroatoms. The van der Waals surface area contributed by atoms with Gasteiger partial charge in [0.2, 0.25) is 0 Å². The zero-order valence-electron chi connectivity index (χ0n) is 14.4. The van der Waals surface area contributed by atoms with Crippen LogP contribution in [-0.2, 0) is 12.3 Å². The van der Waals surface area contributed by atoms with E-state index in [9.17, 15) is 9.90 Å². The van der Waals surface area contributed by atoms with E-state index in [1.54, 1.807) is 18.9 Å². The standard InChI is InChI=1S/C19H19BrClNO3S/c1-25-17-7-6-15(20)10-14(17)12-26-18-13(4-2-5-16(18)21)11-22(19(23)24)8-3-9-22/h2,4-7,10H,3,8-9,11-12H2,1H3/p+1. The van der Waals surface area contributed by atoms with Crippen LogP contribution in [0.15, 0.2) is 45.8 Å². The van der Waals surface area contributed by atoms with Crippen molar-refractivity contribution in [2.24, 2.45) is 0 Å². The zero-order chi connectivity index (χ0) is 18.7. The number of methoxy groups -OCH3 is 1. The van der Waals surface area contributed by atoms with Crippen molar-refractivity contribution in [1.82, 2.24) is 0 Å². The molecule has 1 amide bonds. The lowest BCUT2D eigenvalue weighted by atomic mass is 10.1. The molecule has 2 aromatic carbocycles. The molecule has 0 spiro atoms. The molecule has 26 heavy (non-hydrogen) atoms. The van der Waals surface area contributed by atoms with Crippen LogP contribution in [0.4, 0.5) is 4.79 Å². The average molecular weight is 458 g/mol. The molecular formula is C19H20BrClNO3S+. The van der Waals surface area contributed by atoms with Crippen molar-refractivity contribution in [1.29, 1.82) is 0 Å². The van der Waals surface area contributed by atoms with Gasteiger partial charge in [-0.2, -0.15) is 4.79 Å². The Hall–Kier alpha value is -1.21. The van der Waals surface area contributed by atoms with Gasteiger partial charge in [-0.05, 0) is 24.3 Å². The van der Waals surface area contributed by atoms with E-state index in [1.807, 2.05) is 36.4 Å². The molecule has 1 aliphatic rings. The summed E-state index contributed by atoms with van der Waals surface area (Å²) in [5.41, 5.74) is 2.04. The van der Waals surface area contributed by atoms with E-state index in [2.05, 4.69) is 15.9 Å². The van der Waals surface area contributed by atoms with Gasteiger partial charge < -0.3 is 9.84 Å². The topological polar surface area (TPSA) is 46.5 Å². The number of carbonyl (C=O) groups is 1. The Kier molecular flexibility index (Phi) is 6.17. The summed E-state index contributed by atoms with van der Waals surface area (Å²) in [6.07, 6.45) is 0.186. The van der Waals surface area contributed by atoms with Gasteiger partial charge in [-0.15, -0.1) is 11.8 Å². The monoisotopic (exact) mass is 456 g/mol. The fraction of sp³-hybridized carbons (Fsp3) is 0.316. The molecule has 0 bridgehead atoms. The van der Waals surface area contributed by atoms with Crippen LogP contribution in [0.25, 0.3) is 0 Å². The molecule has 0 atom stereocenters. The molecule has 4 nitrogen and oxygen atoms in total. The number of halogens is 2. The van der Waals surface area contributed by atoms with Crippen molar-refractivity contribution < 1.29 is 19.1 Å². The van der Waals surface area contributed by atoms with Crippen molar-refractivity contribution in [3.05, 3.63) is 57.0 Å². The predicted molar refractivity (Wildman–Crippen MR) is 108 cm³/mol. The van der Waals surface area contributed by atoms with E-state index in [4.69, 9.17) is 16.3 Å². The second-order valence-corrected chi connectivity index (χ2v) is 8.67. The predicted octanol–water partition coefficient (Wildman–Crippen LogP) is 5.80. The van der Waals surface area contributed by atoms with Gasteiger partial charge in [0.05, 0.1) is 25.2 Å². The minimum absolute atomic E-state index is 0.0914. The van der Waals surface area contributed by atoms with Crippen molar-refractivity contribution in [3.63, 3.8) is 0 Å². The number of carboxylic acid groups (broad SMARTS) is 1. The number of hydrogen-bond acceptors (Lipinski definition) is 3. The lowest BCUT2D eigenvalue weighted by Crippen LogP contribution is -2.60. The first-order chi connectivity index (χ1) is 12.4. The summed E-state index contributed by atoms with van der Waals surface area (Å²) in [6.45, 7) is 1.81. The quantitative estimate of drug-likeness (QED) is 0.440. The summed E-state index contributed by atoms with van der Waals surface area (Å²) in [5, 5.41) is 10.3. The molecule has 0 aliphatic carbocycles. The number of ether oxygens (including phenoxy) is 1. The lowest BCUT2D eigenvalue weighted by Gasteiger charge is -2.40. The van der Waals surface area contributed by atoms with E-state index >= 15 is 0 Å². The number of likely N-dealkylation sites (tertiary alicyclic amines) is 1. The Balaban J connectivity index is 1.84. The Morgan fingerprint density at radius 1 is 1.31 bits per heavy atom. The highest BCUT2D eigenvalue weighted by atomic mass is 79.9. The van der Waals surface area contributed by atoms with Crippen molar-refractivity contribution >= 4 is 45.4 Å². The number of thioether (sulfide) groups is 1. The largest absolute Gasteiger partial charge is 0.513 e. The minimum Gasteiger partial charge on any atom is -0.496 e. The molecule has 0 saturated carbocycles. The van der Waals surface area contributed by atoms with Crippen LogP contribution in [0, 0.1) is 0 Å². The van der Waals surface area contributed by atoms with Crippen LogP contribution in [-0.4, -0.2) is 35.9 Å². The second kappa shape index (κ2) is 8.21. The first-order valence-corrected chi connectivity index (χ1v) is 10.4. The van der Waals surface area contributed by atoms with Crippen LogP contribution in [0.1, 0.15) is 17.5 Å². The number of nitrogens with zero attached hydrogens (tertiary/aromatic N) is 1. The fourth-order valence-corrected chi connectivity index (χ4v) is 4.95. The number of benzene rings is 2. The van der Waals surface area contributed by atoms with Gasteiger partial charge in [0.25, 0.3) is 0 Å². The third-order valence-corrected chi connectivity index (χ3v) is 6.86. The van der Waals surface area contributed by atoms with Crippen molar-refractivity contribution in [3.8, 4) is 5.75 Å². The maximum Gasteiger partial charge on any atom is 0.513 e. The van der Waals surface area contributed by atoms with Gasteiger partial charge in [0, 0.05) is 32.7 Å². The zero-order valence-corrected chi connectivity index (χ0v) is 17.5. The first-order valence-electron chi connectivity index (χ1n) is 8.27. The summed E-state index contributed by atoms with van der Waals surface area (Å²) < 4.78 is 6.52. The molecule has 1 fully saturated rings. The highest BCUT2D eigenvalue weighted by Crippen LogP contribution is 2.38. The normalized spacial score (nSPS) is 15.3. The van der Waals surface area contributed by atoms with Gasteiger partial charge in [-0.3, -0.25) is 0 Å². The van der Waals surface area contributed by atoms with Crippen LogP contribution in [0.5, 0.6) is 5.75 Å². The summed E-state index contributed by atoms with van der Waals surface area (Å²) in [5.74, 6) is 1.51. The van der Waals surface area contributed by atoms with Crippen LogP contribution in [0.3, 0.4) is 0 Å². The minimum atomic E-state index is -0.763. The third kappa shape index (κ3) is 4.03. The second-order valence-electron chi connectivity index (χ2n) is 6.36. The molecule has 138 valence electrons. The molecule has 1 N–H and O–H groups in total. The highest BCUT2D eigenvalue weighted by molar-refractivity contribution is 9.10. The van der Waals surface area contributed by atoms with E-state index < -0.39 is 6.09 Å². The molecule has 1 heterocycles. The lowest BCUT2D eigenvalue weighted by molar-refractivity contribution is -0.908. The fourth-order valence-electron chi connectivity index (χ4n) is 3.13. The van der Waals surface area contributed by atoms with Gasteiger partial charge in [-0.1, -0.05) is 39.7 Å². The maximum atomic E-state index is 11.7. The molecule has 3 rings (SSSR count). The molecule has 0 radical (unpaired) electrons. The van der Waals surface area contributed by atoms with Crippen molar-refractivity contribution in [2.75, 3.05) is 20.2 Å². The highest BCUT2D eigenvalue weighted by Gasteiger charge is 2.44. The number of amides is 1. The number of quaternary nitrogens is 1. The maximum absolute atomic E-state index is 11.7. The van der Waals surface area contributed by atoms with Crippen LogP contribution >= 0.6 is 39.3 Å². The van der Waals surface area contributed by atoms with Gasteiger partial charge >= 0.3 is 6.09 Å². The first kappa shape index (κ1) is 19.5. The van der Waals surface area contributed by atoms with Crippen LogP contribution in [0.2, 0.25) is 5.02 Å². The third-order valence-electron chi connectivity index (χ3n) is 4.71. The SMILES string of the molecule is COc1ccc(Br)cc1CSc1c(Cl)cccc1C[N+]1(C(=O)O)CCC1. The smallest absolute Gasteiger partial charge is 0.496 e. The van der Waals surface area contributed by atoms with E-state index in [0.29, 0.717) is 30.4 Å². The number of rotatable bonds is 6. The summed E-state index contributed by atoms with van der Waals surface area (Å²) >= 11 is 11.6. The van der Waals surface area contributed by atoms with E-state index in [-0.39, 0.29) is 4.48 Å². The molecule has 2 aromatic rings. The van der Waals surface area contributed by atoms with E-state index in [1.165, 1.54) is 0 Å². The molecular weight excluding hydrogens is 438 g/mol. The molecule has 0 aromatic heterocycles. The Morgan fingerprint density at radius 2 is 2.08 bits per heavy atom. The Labute approximate surface area is 170 Å². The molecule has 1 aliphatic heterocycles. The molecule has 0 unspecified atom stereocenters. The Bertz CT molecular complexity index is 826. The van der Waals surface area contributed by atoms with E-state index in [0.717, 1.165) is 32.7 Å². The summed E-state index contributed by atoms with van der Waals surface area (Å²) in [7, 11) is 1.66. The number of hydrogen-bond donors (Lipinski definition) is 1. The summed E-state index contributed by atoms with van der Waals surface area (Å²) in [4.78, 5) is 12.7. The van der Waals surface area contributed by atoms with Gasteiger partial charge in [0.15, 0.2) is 0 Å².